The van der Waals surface area contributed by atoms with Crippen molar-refractivity contribution in [3.63, 3.8) is 0 Å². The maximum atomic E-state index is 10.6. The molecule has 0 unspecified atom stereocenters. The van der Waals surface area contributed by atoms with Crippen LogP contribution in [0, 0.1) is 0 Å². The number of aromatic carboxylic acids is 1. The number of nitrogens with zero attached hydrogens (tertiary/aromatic N) is 2. The summed E-state index contributed by atoms with van der Waals surface area (Å²) in [6.45, 7) is 4.41. The number of aromatic nitrogens is 2. The second kappa shape index (κ2) is 5.56. The van der Waals surface area contributed by atoms with E-state index >= 15 is 0 Å². The van der Waals surface area contributed by atoms with Crippen LogP contribution in [0.1, 0.15) is 35.8 Å². The molecule has 0 aliphatic carbocycles. The number of hydrogen-bond acceptors (Lipinski definition) is 4. The van der Waals surface area contributed by atoms with Gasteiger partial charge in [0.05, 0.1) is 5.97 Å². The maximum Gasteiger partial charge on any atom is 0.180 e. The molecular weight excluding hydrogens is 244 g/mol. The summed E-state index contributed by atoms with van der Waals surface area (Å²) in [6, 6.07) is 9.17. The molecule has 0 radical (unpaired) electrons. The Hall–Kier alpha value is -2.30. The zero-order valence-electron chi connectivity index (χ0n) is 10.9. The smallest absolute Gasteiger partial charge is 0.180 e. The molecule has 0 fully saturated rings. The molecule has 2 rings (SSSR count). The summed E-state index contributed by atoms with van der Waals surface area (Å²) in [5, 5.41) is 14.4. The molecule has 0 aliphatic rings. The number of carboxylic acid groups (broad SMARTS) is 1. The fourth-order valence-corrected chi connectivity index (χ4v) is 1.63. The van der Waals surface area contributed by atoms with Crippen molar-refractivity contribution in [3.8, 4) is 5.75 Å². The van der Waals surface area contributed by atoms with Crippen molar-refractivity contribution in [3.05, 3.63) is 47.8 Å². The largest absolute Gasteiger partial charge is 0.543 e. The molecule has 0 aliphatic heterocycles. The van der Waals surface area contributed by atoms with E-state index in [4.69, 9.17) is 4.74 Å². The van der Waals surface area contributed by atoms with Gasteiger partial charge in [-0.3, -0.25) is 0 Å². The molecule has 0 saturated heterocycles. The Kier molecular flexibility index (Phi) is 3.85. The van der Waals surface area contributed by atoms with Crippen LogP contribution in [0.15, 0.2) is 36.5 Å². The molecule has 0 bridgehead atoms. The topological polar surface area (TPSA) is 67.2 Å². The van der Waals surface area contributed by atoms with Gasteiger partial charge >= 0.3 is 0 Å². The third-order valence-electron chi connectivity index (χ3n) is 2.76. The fourth-order valence-electron chi connectivity index (χ4n) is 1.63. The van der Waals surface area contributed by atoms with Gasteiger partial charge in [0.2, 0.25) is 0 Å². The van der Waals surface area contributed by atoms with Crippen molar-refractivity contribution >= 4 is 5.97 Å². The average Bonchev–Trinajstić information content (AvgIpc) is 2.86. The van der Waals surface area contributed by atoms with Crippen LogP contribution < -0.4 is 9.84 Å². The van der Waals surface area contributed by atoms with Gasteiger partial charge < -0.3 is 14.6 Å². The number of carbonyl (C=O) groups is 1. The Morgan fingerprint density at radius 2 is 2.00 bits per heavy atom. The highest BCUT2D eigenvalue weighted by atomic mass is 16.5. The molecule has 2 aromatic rings. The van der Waals surface area contributed by atoms with E-state index in [2.05, 4.69) is 18.9 Å². The molecule has 1 aromatic heterocycles. The fraction of sp³-hybridized carbons (Fsp3) is 0.286. The van der Waals surface area contributed by atoms with Crippen LogP contribution in [0.3, 0.4) is 0 Å². The SMILES string of the molecule is CC(C)c1ccc(OCn2ccc(C(=O)[O-])n2)cc1. The summed E-state index contributed by atoms with van der Waals surface area (Å²) >= 11 is 0. The van der Waals surface area contributed by atoms with E-state index < -0.39 is 5.97 Å². The molecule has 0 N–H and O–H groups in total. The Balaban J connectivity index is 1.96. The third kappa shape index (κ3) is 3.34. The Morgan fingerprint density at radius 3 is 2.53 bits per heavy atom. The lowest BCUT2D eigenvalue weighted by Crippen LogP contribution is -2.23. The molecule has 1 heterocycles. The van der Waals surface area contributed by atoms with E-state index in [1.807, 2.05) is 24.3 Å². The van der Waals surface area contributed by atoms with Gasteiger partial charge in [0.15, 0.2) is 6.73 Å². The molecule has 0 amide bonds. The Morgan fingerprint density at radius 1 is 1.32 bits per heavy atom. The van der Waals surface area contributed by atoms with Crippen molar-refractivity contribution in [2.75, 3.05) is 0 Å². The predicted molar refractivity (Wildman–Crippen MR) is 67.7 cm³/mol. The van der Waals surface area contributed by atoms with Crippen LogP contribution in [0.25, 0.3) is 0 Å². The minimum Gasteiger partial charge on any atom is -0.543 e. The molecule has 1 aromatic carbocycles. The molecular formula is C14H15N2O3-. The molecule has 0 saturated carbocycles. The Bertz CT molecular complexity index is 558. The summed E-state index contributed by atoms with van der Waals surface area (Å²) in [4.78, 5) is 10.6. The van der Waals surface area contributed by atoms with Gasteiger partial charge in [0.1, 0.15) is 11.4 Å². The first-order valence-corrected chi connectivity index (χ1v) is 6.04. The summed E-state index contributed by atoms with van der Waals surface area (Å²) in [6.07, 6.45) is 1.54. The molecule has 0 atom stereocenters. The van der Waals surface area contributed by atoms with Gasteiger partial charge in [0.25, 0.3) is 0 Å². The normalized spacial score (nSPS) is 10.7. The first-order chi connectivity index (χ1) is 9.06. The van der Waals surface area contributed by atoms with Gasteiger partial charge in [-0.1, -0.05) is 26.0 Å². The quantitative estimate of drug-likeness (QED) is 0.814. The Labute approximate surface area is 111 Å². The zero-order valence-corrected chi connectivity index (χ0v) is 10.9. The van der Waals surface area contributed by atoms with Crippen molar-refractivity contribution in [2.45, 2.75) is 26.5 Å². The summed E-state index contributed by atoms with van der Waals surface area (Å²) < 4.78 is 6.91. The van der Waals surface area contributed by atoms with Crippen molar-refractivity contribution < 1.29 is 14.6 Å². The molecule has 0 spiro atoms. The van der Waals surface area contributed by atoms with Crippen LogP contribution in [0.4, 0.5) is 0 Å². The van der Waals surface area contributed by atoms with E-state index in [-0.39, 0.29) is 12.4 Å². The highest BCUT2D eigenvalue weighted by Gasteiger charge is 2.02. The number of carboxylic acids is 1. The molecule has 5 heteroatoms. The highest BCUT2D eigenvalue weighted by Crippen LogP contribution is 2.18. The number of benzene rings is 1. The lowest BCUT2D eigenvalue weighted by atomic mass is 10.0. The molecule has 100 valence electrons. The van der Waals surface area contributed by atoms with Crippen LogP contribution in [-0.2, 0) is 6.73 Å². The third-order valence-corrected chi connectivity index (χ3v) is 2.76. The average molecular weight is 259 g/mol. The minimum atomic E-state index is -1.29. The van der Waals surface area contributed by atoms with E-state index in [0.29, 0.717) is 5.92 Å². The first kappa shape index (κ1) is 13.1. The van der Waals surface area contributed by atoms with Crippen molar-refractivity contribution in [2.24, 2.45) is 0 Å². The van der Waals surface area contributed by atoms with Crippen LogP contribution >= 0.6 is 0 Å². The van der Waals surface area contributed by atoms with Crippen molar-refractivity contribution in [1.82, 2.24) is 9.78 Å². The van der Waals surface area contributed by atoms with Crippen LogP contribution in [0.5, 0.6) is 5.75 Å². The van der Waals surface area contributed by atoms with Gasteiger partial charge in [-0.2, -0.15) is 5.10 Å². The maximum absolute atomic E-state index is 10.6. The second-order valence-corrected chi connectivity index (χ2v) is 4.53. The van der Waals surface area contributed by atoms with Gasteiger partial charge in [0, 0.05) is 6.20 Å². The highest BCUT2D eigenvalue weighted by molar-refractivity contribution is 5.83. The predicted octanol–water partition coefficient (Wildman–Crippen LogP) is 1.41. The molecule has 19 heavy (non-hydrogen) atoms. The summed E-state index contributed by atoms with van der Waals surface area (Å²) in [5.41, 5.74) is 1.14. The number of carbonyl (C=O) groups excluding carboxylic acids is 1. The van der Waals surface area contributed by atoms with Crippen LogP contribution in [0.2, 0.25) is 0 Å². The number of rotatable bonds is 5. The first-order valence-electron chi connectivity index (χ1n) is 6.04. The lowest BCUT2D eigenvalue weighted by molar-refractivity contribution is -0.255. The van der Waals surface area contributed by atoms with Crippen LogP contribution in [-0.4, -0.2) is 15.7 Å². The van der Waals surface area contributed by atoms with Crippen molar-refractivity contribution in [1.29, 1.82) is 0 Å². The summed E-state index contributed by atoms with van der Waals surface area (Å²) in [5.74, 6) is -0.0965. The van der Waals surface area contributed by atoms with E-state index in [0.717, 1.165) is 5.75 Å². The molecule has 5 nitrogen and oxygen atoms in total. The number of ether oxygens (including phenoxy) is 1. The zero-order chi connectivity index (χ0) is 13.8. The van der Waals surface area contributed by atoms with Gasteiger partial charge in [-0.05, 0) is 29.7 Å². The lowest BCUT2D eigenvalue weighted by Gasteiger charge is -2.09. The standard InChI is InChI=1S/C14H16N2O3/c1-10(2)11-3-5-12(6-4-11)19-9-16-8-7-13(15-16)14(17)18/h3-8,10H,9H2,1-2H3,(H,17,18)/p-1. The summed E-state index contributed by atoms with van der Waals surface area (Å²) in [7, 11) is 0. The second-order valence-electron chi connectivity index (χ2n) is 4.53. The minimum absolute atomic E-state index is 0.0984. The van der Waals surface area contributed by atoms with E-state index in [9.17, 15) is 9.90 Å². The van der Waals surface area contributed by atoms with E-state index in [1.165, 1.54) is 22.5 Å². The van der Waals surface area contributed by atoms with Gasteiger partial charge in [-0.25, -0.2) is 4.68 Å². The van der Waals surface area contributed by atoms with E-state index in [1.54, 1.807) is 0 Å². The van der Waals surface area contributed by atoms with Gasteiger partial charge in [-0.15, -0.1) is 0 Å². The number of hydrogen-bond donors (Lipinski definition) is 0. The monoisotopic (exact) mass is 259 g/mol.